The van der Waals surface area contributed by atoms with Crippen molar-refractivity contribution in [2.24, 2.45) is 0 Å². The number of aliphatic hydroxyl groups is 11. The number of ether oxygens (including phenoxy) is 7. The summed E-state index contributed by atoms with van der Waals surface area (Å²) >= 11 is 0. The van der Waals surface area contributed by atoms with Crippen molar-refractivity contribution in [3.8, 4) is 0 Å². The van der Waals surface area contributed by atoms with Gasteiger partial charge in [-0.05, 0) is 13.8 Å². The fourth-order valence-electron chi connectivity index (χ4n) is 5.11. The van der Waals surface area contributed by atoms with Crippen molar-refractivity contribution in [3.63, 3.8) is 0 Å². The molecule has 0 saturated carbocycles. The zero-order valence-electron chi connectivity index (χ0n) is 22.2. The molecule has 0 aromatic rings. The lowest BCUT2D eigenvalue weighted by Gasteiger charge is -2.46. The quantitative estimate of drug-likeness (QED) is 0.123. The summed E-state index contributed by atoms with van der Waals surface area (Å²) in [5.74, 6) is 0. The Hall–Kier alpha value is -0.720. The second-order valence-corrected chi connectivity index (χ2v) is 10.7. The molecule has 240 valence electrons. The molecule has 0 spiro atoms. The van der Waals surface area contributed by atoms with E-state index in [1.807, 2.05) is 0 Å². The van der Waals surface area contributed by atoms with Gasteiger partial charge in [-0.15, -0.1) is 0 Å². The van der Waals surface area contributed by atoms with Gasteiger partial charge in [-0.2, -0.15) is 0 Å². The summed E-state index contributed by atoms with van der Waals surface area (Å²) in [7, 11) is 0. The van der Waals surface area contributed by atoms with Gasteiger partial charge in [-0.1, -0.05) is 0 Å². The fourth-order valence-corrected chi connectivity index (χ4v) is 5.11. The molecule has 18 heteroatoms. The molecule has 4 rings (SSSR count). The topological polar surface area (TPSA) is 287 Å². The molecule has 11 N–H and O–H groups in total. The van der Waals surface area contributed by atoms with Crippen molar-refractivity contribution >= 4 is 0 Å². The first-order valence-corrected chi connectivity index (χ1v) is 13.2. The van der Waals surface area contributed by atoms with E-state index in [9.17, 15) is 56.2 Å². The highest BCUT2D eigenvalue weighted by molar-refractivity contribution is 4.96. The van der Waals surface area contributed by atoms with E-state index in [-0.39, 0.29) is 0 Å². The smallest absolute Gasteiger partial charge is 0.187 e. The molecule has 0 aromatic heterocycles. The molecule has 4 aliphatic heterocycles. The molecule has 0 unspecified atom stereocenters. The molecule has 19 atom stereocenters. The van der Waals surface area contributed by atoms with E-state index >= 15 is 0 Å². The van der Waals surface area contributed by atoms with Crippen LogP contribution in [0.2, 0.25) is 0 Å². The molecular formula is C23H40O18. The molecule has 18 nitrogen and oxygen atoms in total. The molecule has 0 bridgehead atoms. The van der Waals surface area contributed by atoms with E-state index in [0.717, 1.165) is 0 Å². The lowest BCUT2D eigenvalue weighted by molar-refractivity contribution is -0.370. The second kappa shape index (κ2) is 13.5. The van der Waals surface area contributed by atoms with E-state index in [2.05, 4.69) is 0 Å². The van der Waals surface area contributed by atoms with Crippen LogP contribution in [0.5, 0.6) is 0 Å². The number of hydrogen-bond acceptors (Lipinski definition) is 18. The molecule has 0 radical (unpaired) electrons. The van der Waals surface area contributed by atoms with Crippen LogP contribution in [0.15, 0.2) is 0 Å². The monoisotopic (exact) mass is 604 g/mol. The van der Waals surface area contributed by atoms with E-state index in [0.29, 0.717) is 0 Å². The molecule has 0 aromatic carbocycles. The molecule has 0 amide bonds. The van der Waals surface area contributed by atoms with Crippen LogP contribution in [0.3, 0.4) is 0 Å². The average Bonchev–Trinajstić information content (AvgIpc) is 3.21. The Balaban J connectivity index is 1.39. The van der Waals surface area contributed by atoms with Gasteiger partial charge in [-0.3, -0.25) is 0 Å². The van der Waals surface area contributed by atoms with Crippen LogP contribution >= 0.6 is 0 Å². The Morgan fingerprint density at radius 2 is 0.976 bits per heavy atom. The minimum Gasteiger partial charge on any atom is -0.394 e. The summed E-state index contributed by atoms with van der Waals surface area (Å²) in [6, 6.07) is 0. The van der Waals surface area contributed by atoms with Gasteiger partial charge in [0.15, 0.2) is 25.2 Å². The van der Waals surface area contributed by atoms with Crippen LogP contribution in [0.25, 0.3) is 0 Å². The predicted octanol–water partition coefficient (Wildman–Crippen LogP) is -7.05. The second-order valence-electron chi connectivity index (χ2n) is 10.7. The summed E-state index contributed by atoms with van der Waals surface area (Å²) in [4.78, 5) is 0. The third-order valence-corrected chi connectivity index (χ3v) is 7.76. The summed E-state index contributed by atoms with van der Waals surface area (Å²) < 4.78 is 38.0. The third kappa shape index (κ3) is 6.70. The average molecular weight is 605 g/mol. The summed E-state index contributed by atoms with van der Waals surface area (Å²) in [5, 5.41) is 112. The molecule has 41 heavy (non-hydrogen) atoms. The first kappa shape index (κ1) is 33.2. The highest BCUT2D eigenvalue weighted by Gasteiger charge is 2.53. The largest absolute Gasteiger partial charge is 0.394 e. The van der Waals surface area contributed by atoms with Gasteiger partial charge in [-0.25, -0.2) is 0 Å². The van der Waals surface area contributed by atoms with Gasteiger partial charge in [0.1, 0.15) is 79.4 Å². The minimum absolute atomic E-state index is 0.476. The molecule has 4 fully saturated rings. The van der Waals surface area contributed by atoms with Crippen LogP contribution in [0.4, 0.5) is 0 Å². The molecule has 0 aliphatic carbocycles. The maximum absolute atomic E-state index is 11.0. The Morgan fingerprint density at radius 1 is 0.488 bits per heavy atom. The summed E-state index contributed by atoms with van der Waals surface area (Å²) in [5.41, 5.74) is 0. The Labute approximate surface area is 233 Å². The van der Waals surface area contributed by atoms with Crippen LogP contribution in [0, 0.1) is 0 Å². The first-order valence-electron chi connectivity index (χ1n) is 13.2. The van der Waals surface area contributed by atoms with Crippen molar-refractivity contribution < 1.29 is 89.3 Å². The van der Waals surface area contributed by atoms with Crippen molar-refractivity contribution in [2.75, 3.05) is 13.2 Å². The normalized spacial score (nSPS) is 54.8. The fraction of sp³-hybridized carbons (Fsp3) is 1.00. The Bertz CT molecular complexity index is 838. The van der Waals surface area contributed by atoms with Gasteiger partial charge < -0.3 is 89.3 Å². The third-order valence-electron chi connectivity index (χ3n) is 7.76. The van der Waals surface area contributed by atoms with Crippen LogP contribution in [-0.4, -0.2) is 186 Å². The van der Waals surface area contributed by atoms with E-state index in [1.54, 1.807) is 0 Å². The SMILES string of the molecule is C[C@@H]1O[C@@H](OC[C@@H]2O[C@@H](O[C@H]3[C@H](O)[C@@H](O[C@@H]4O[C@@H](C)[C@H](O)[C@@H](O)[C@H]4O)[C@H](O)O[C@@H]3CO)[C@H](O)[C@H]2O)[C@H](O)[C@H](O)[C@H]1O. The number of rotatable bonds is 8. The standard InChI is InChI=1S/C23H40O18/c1-5-9(25)12(28)15(31)21(36-5)35-4-8-11(27)14(30)23(39-8)40-18-7(3-24)38-20(34)19(17(18)33)41-22-16(32)13(29)10(26)6(2)37-22/h5-34H,3-4H2,1-2H3/t5-,6-,7+,8-,9-,10-,11-,12+,13+,14+,15+,16+,17-,18+,19+,20+,21+,22-,23-/m0/s1. The maximum atomic E-state index is 11.0. The van der Waals surface area contributed by atoms with Gasteiger partial charge in [0.05, 0.1) is 25.4 Å². The minimum atomic E-state index is -1.88. The van der Waals surface area contributed by atoms with E-state index in [1.165, 1.54) is 13.8 Å². The molecule has 4 heterocycles. The van der Waals surface area contributed by atoms with Crippen molar-refractivity contribution in [1.82, 2.24) is 0 Å². The number of hydrogen-bond donors (Lipinski definition) is 11. The molecule has 4 aliphatic rings. The maximum Gasteiger partial charge on any atom is 0.187 e. The van der Waals surface area contributed by atoms with Crippen LogP contribution in [-0.2, 0) is 33.2 Å². The van der Waals surface area contributed by atoms with Crippen LogP contribution in [0.1, 0.15) is 13.8 Å². The van der Waals surface area contributed by atoms with Crippen LogP contribution < -0.4 is 0 Å². The number of aliphatic hydroxyl groups excluding tert-OH is 11. The Morgan fingerprint density at radius 3 is 1.56 bits per heavy atom. The van der Waals surface area contributed by atoms with Gasteiger partial charge in [0.2, 0.25) is 0 Å². The van der Waals surface area contributed by atoms with Gasteiger partial charge >= 0.3 is 0 Å². The summed E-state index contributed by atoms with van der Waals surface area (Å²) in [6.07, 6.45) is -28.9. The van der Waals surface area contributed by atoms with Crippen molar-refractivity contribution in [1.29, 1.82) is 0 Å². The lowest BCUT2D eigenvalue weighted by atomic mass is 9.97. The zero-order chi connectivity index (χ0) is 30.3. The van der Waals surface area contributed by atoms with Crippen molar-refractivity contribution in [3.05, 3.63) is 0 Å². The molecule has 4 saturated heterocycles. The van der Waals surface area contributed by atoms with E-state index in [4.69, 9.17) is 33.2 Å². The summed E-state index contributed by atoms with van der Waals surface area (Å²) in [6.45, 7) is 1.58. The predicted molar refractivity (Wildman–Crippen MR) is 125 cm³/mol. The first-order chi connectivity index (χ1) is 19.3. The Kier molecular flexibility index (Phi) is 10.9. The van der Waals surface area contributed by atoms with Gasteiger partial charge in [0, 0.05) is 0 Å². The lowest BCUT2D eigenvalue weighted by Crippen LogP contribution is -2.64. The van der Waals surface area contributed by atoms with E-state index < -0.39 is 130 Å². The van der Waals surface area contributed by atoms with Crippen molar-refractivity contribution in [2.45, 2.75) is 131 Å². The highest BCUT2D eigenvalue weighted by Crippen LogP contribution is 2.33. The van der Waals surface area contributed by atoms with Gasteiger partial charge in [0.25, 0.3) is 0 Å². The highest BCUT2D eigenvalue weighted by atomic mass is 16.8. The molecular weight excluding hydrogens is 564 g/mol. The zero-order valence-corrected chi connectivity index (χ0v) is 22.2.